The summed E-state index contributed by atoms with van der Waals surface area (Å²) >= 11 is -0.764. The third-order valence-electron chi connectivity index (χ3n) is 1.26. The molecule has 0 aromatic carbocycles. The molecule has 0 spiro atoms. The number of hydrogen-bond acceptors (Lipinski definition) is 1. The van der Waals surface area contributed by atoms with Crippen molar-refractivity contribution in [1.82, 2.24) is 0 Å². The van der Waals surface area contributed by atoms with E-state index in [0.717, 1.165) is 3.92 Å². The second-order valence-electron chi connectivity index (χ2n) is 1.88. The summed E-state index contributed by atoms with van der Waals surface area (Å²) in [5.41, 5.74) is 0. The SMILES string of the molecule is CC1CC=C2OI21. The van der Waals surface area contributed by atoms with Gasteiger partial charge in [0, 0.05) is 0 Å². The van der Waals surface area contributed by atoms with Gasteiger partial charge in [0.2, 0.25) is 0 Å². The molecule has 1 fully saturated rings. The Kier molecular flexibility index (Phi) is 0.690. The molecule has 0 N–H and O–H groups in total. The van der Waals surface area contributed by atoms with Crippen molar-refractivity contribution < 1.29 is 3.07 Å². The van der Waals surface area contributed by atoms with Gasteiger partial charge in [0.05, 0.1) is 0 Å². The molecule has 0 saturated carbocycles. The van der Waals surface area contributed by atoms with Crippen LogP contribution in [0.1, 0.15) is 13.3 Å². The zero-order valence-corrected chi connectivity index (χ0v) is 6.31. The van der Waals surface area contributed by atoms with Crippen molar-refractivity contribution in [1.29, 1.82) is 0 Å². The average molecular weight is 210 g/mol. The number of rotatable bonds is 0. The molecule has 0 aliphatic carbocycles. The van der Waals surface area contributed by atoms with E-state index in [1.165, 1.54) is 10.2 Å². The van der Waals surface area contributed by atoms with Gasteiger partial charge in [-0.3, -0.25) is 0 Å². The summed E-state index contributed by atoms with van der Waals surface area (Å²) in [5, 5.41) is 0. The van der Waals surface area contributed by atoms with E-state index in [4.69, 9.17) is 3.07 Å². The van der Waals surface area contributed by atoms with Crippen LogP contribution in [0.4, 0.5) is 0 Å². The van der Waals surface area contributed by atoms with Crippen LogP contribution in [-0.4, -0.2) is 3.92 Å². The fourth-order valence-electron chi connectivity index (χ4n) is 0.768. The summed E-state index contributed by atoms with van der Waals surface area (Å²) < 4.78 is 7.61. The average Bonchev–Trinajstić information content (AvgIpc) is 2.33. The van der Waals surface area contributed by atoms with Gasteiger partial charge >= 0.3 is 50.4 Å². The van der Waals surface area contributed by atoms with E-state index in [0.29, 0.717) is 0 Å². The van der Waals surface area contributed by atoms with Crippen LogP contribution in [0.3, 0.4) is 0 Å². The van der Waals surface area contributed by atoms with Crippen molar-refractivity contribution in [3.05, 3.63) is 9.84 Å². The third-order valence-corrected chi connectivity index (χ3v) is 5.96. The first-order valence-electron chi connectivity index (χ1n) is 2.45. The molecule has 40 valence electrons. The standard InChI is InChI=1S/C5H7IO/c1-4-2-3-5-6(4)7-5/h3-4H,2H2,1H3. The molecule has 2 heteroatoms. The zero-order valence-electron chi connectivity index (χ0n) is 4.15. The van der Waals surface area contributed by atoms with Crippen molar-refractivity contribution in [3.63, 3.8) is 0 Å². The van der Waals surface area contributed by atoms with Crippen LogP contribution >= 0.6 is 20.2 Å². The van der Waals surface area contributed by atoms with Gasteiger partial charge in [-0.25, -0.2) is 0 Å². The summed E-state index contributed by atoms with van der Waals surface area (Å²) in [7, 11) is 0. The maximum atomic E-state index is 5.28. The molecule has 0 bridgehead atoms. The van der Waals surface area contributed by atoms with Crippen molar-refractivity contribution >= 4 is 20.2 Å². The van der Waals surface area contributed by atoms with E-state index >= 15 is 0 Å². The van der Waals surface area contributed by atoms with Gasteiger partial charge in [-0.15, -0.1) is 0 Å². The van der Waals surface area contributed by atoms with Crippen molar-refractivity contribution in [2.45, 2.75) is 17.3 Å². The van der Waals surface area contributed by atoms with Crippen LogP contribution in [0.5, 0.6) is 0 Å². The van der Waals surface area contributed by atoms with E-state index in [1.54, 1.807) is 0 Å². The molecular formula is C5H7IO. The quantitative estimate of drug-likeness (QED) is 0.338. The Morgan fingerprint density at radius 2 is 2.86 bits per heavy atom. The van der Waals surface area contributed by atoms with E-state index in [-0.39, 0.29) is 0 Å². The number of alkyl halides is 1. The first-order chi connectivity index (χ1) is 3.38. The molecule has 0 radical (unpaired) electrons. The Labute approximate surface area is 50.7 Å². The molecule has 1 unspecified atom stereocenters. The fraction of sp³-hybridized carbons (Fsp3) is 0.600. The Morgan fingerprint density at radius 3 is 3.00 bits per heavy atom. The van der Waals surface area contributed by atoms with E-state index in [1.807, 2.05) is 0 Å². The first-order valence-corrected chi connectivity index (χ1v) is 5.65. The molecule has 0 aromatic heterocycles. The minimum atomic E-state index is -0.764. The molecule has 1 atom stereocenters. The predicted molar refractivity (Wildman–Crippen MR) is 37.3 cm³/mol. The van der Waals surface area contributed by atoms with Gasteiger partial charge in [-0.05, 0) is 0 Å². The van der Waals surface area contributed by atoms with Gasteiger partial charge < -0.3 is 0 Å². The van der Waals surface area contributed by atoms with Gasteiger partial charge in [0.25, 0.3) is 0 Å². The van der Waals surface area contributed by atoms with E-state index < -0.39 is 20.2 Å². The molecule has 1 nitrogen and oxygen atoms in total. The van der Waals surface area contributed by atoms with Gasteiger partial charge in [0.15, 0.2) is 0 Å². The van der Waals surface area contributed by atoms with Crippen LogP contribution in [0.25, 0.3) is 0 Å². The molecular weight excluding hydrogens is 203 g/mol. The van der Waals surface area contributed by atoms with Crippen LogP contribution in [0.2, 0.25) is 0 Å². The summed E-state index contributed by atoms with van der Waals surface area (Å²) in [6.07, 6.45) is 3.57. The molecule has 2 heterocycles. The van der Waals surface area contributed by atoms with Crippen LogP contribution in [0.15, 0.2) is 9.84 Å². The molecule has 0 aromatic rings. The normalized spacial score (nSPS) is 39.3. The van der Waals surface area contributed by atoms with Gasteiger partial charge in [-0.2, -0.15) is 0 Å². The van der Waals surface area contributed by atoms with Crippen molar-refractivity contribution in [2.24, 2.45) is 0 Å². The monoisotopic (exact) mass is 210 g/mol. The second kappa shape index (κ2) is 1.16. The Morgan fingerprint density at radius 1 is 2.00 bits per heavy atom. The molecule has 7 heavy (non-hydrogen) atoms. The fourth-order valence-corrected chi connectivity index (χ4v) is 4.85. The van der Waals surface area contributed by atoms with Gasteiger partial charge in [-0.1, -0.05) is 0 Å². The van der Waals surface area contributed by atoms with E-state index in [9.17, 15) is 0 Å². The summed E-state index contributed by atoms with van der Waals surface area (Å²) in [5.74, 6) is 0. The summed E-state index contributed by atoms with van der Waals surface area (Å²) in [6.45, 7) is 2.29. The molecule has 2 aliphatic heterocycles. The van der Waals surface area contributed by atoms with Crippen LogP contribution < -0.4 is 0 Å². The number of halogens is 1. The molecule has 2 aliphatic rings. The Bertz CT molecular complexity index is 130. The maximum absolute atomic E-state index is 5.28. The second-order valence-corrected chi connectivity index (χ2v) is 7.08. The minimum absolute atomic E-state index is 0.764. The van der Waals surface area contributed by atoms with Crippen molar-refractivity contribution in [3.8, 4) is 0 Å². The number of fused-ring (bicyclic) bond motifs is 1. The summed E-state index contributed by atoms with van der Waals surface area (Å²) in [6, 6.07) is 0. The number of allylic oxidation sites excluding steroid dienone is 1. The number of hydrogen-bond donors (Lipinski definition) is 0. The molecule has 0 amide bonds. The third kappa shape index (κ3) is 0.490. The molecule has 1 saturated heterocycles. The first kappa shape index (κ1) is 4.18. The van der Waals surface area contributed by atoms with Gasteiger partial charge in [0.1, 0.15) is 0 Å². The Hall–Kier alpha value is 0.270. The van der Waals surface area contributed by atoms with Crippen LogP contribution in [-0.2, 0) is 3.07 Å². The topological polar surface area (TPSA) is 12.5 Å². The molecule has 2 rings (SSSR count). The Balaban J connectivity index is 2.23. The van der Waals surface area contributed by atoms with Crippen LogP contribution in [0, 0.1) is 0 Å². The summed E-state index contributed by atoms with van der Waals surface area (Å²) in [4.78, 5) is 0. The van der Waals surface area contributed by atoms with Crippen molar-refractivity contribution in [2.75, 3.05) is 0 Å². The predicted octanol–water partition coefficient (Wildman–Crippen LogP) is 2.07. The van der Waals surface area contributed by atoms with E-state index in [2.05, 4.69) is 13.0 Å². The zero-order chi connectivity index (χ0) is 4.85.